The first-order valence-corrected chi connectivity index (χ1v) is 16.3. The normalized spacial score (nSPS) is 15.7. The molecule has 2 saturated carbocycles. The van der Waals surface area contributed by atoms with Crippen LogP contribution in [0.1, 0.15) is 51.6 Å². The molecule has 0 spiro atoms. The van der Waals surface area contributed by atoms with E-state index in [0.29, 0.717) is 92.0 Å². The maximum atomic E-state index is 11.4. The summed E-state index contributed by atoms with van der Waals surface area (Å²) < 4.78 is 33.1. The zero-order valence-electron chi connectivity index (χ0n) is 28.2. The van der Waals surface area contributed by atoms with Crippen LogP contribution in [0.5, 0.6) is 0 Å². The highest BCUT2D eigenvalue weighted by Gasteiger charge is 2.41. The number of terminal acetylenes is 1. The molecule has 2 aliphatic rings. The van der Waals surface area contributed by atoms with Crippen molar-refractivity contribution in [3.8, 4) is 12.3 Å². The van der Waals surface area contributed by atoms with E-state index < -0.39 is 11.8 Å². The average molecular weight is 679 g/mol. The highest BCUT2D eigenvalue weighted by atomic mass is 16.5. The van der Waals surface area contributed by atoms with Gasteiger partial charge in [0.15, 0.2) is 11.6 Å². The average Bonchev–Trinajstić information content (AvgIpc) is 3.96. The van der Waals surface area contributed by atoms with Crippen LogP contribution in [0.25, 0.3) is 10.4 Å². The summed E-state index contributed by atoms with van der Waals surface area (Å²) in [6.45, 7) is 9.25. The number of rotatable bonds is 27. The molecule has 2 atom stereocenters. The van der Waals surface area contributed by atoms with E-state index in [1.165, 1.54) is 0 Å². The van der Waals surface area contributed by atoms with Crippen molar-refractivity contribution in [3.63, 3.8) is 0 Å². The number of carbonyl (C=O) groups excluding carboxylic acids is 4. The molecule has 2 unspecified atom stereocenters. The molecule has 16 heteroatoms. The van der Waals surface area contributed by atoms with E-state index in [2.05, 4.69) is 40.1 Å². The Morgan fingerprint density at radius 2 is 1.33 bits per heavy atom. The van der Waals surface area contributed by atoms with Crippen LogP contribution >= 0.6 is 0 Å². The molecule has 1 heterocycles. The topological polar surface area (TPSA) is 203 Å². The van der Waals surface area contributed by atoms with Crippen LogP contribution < -0.4 is 0 Å². The number of unbranched alkanes of at least 4 members (excludes halogenated alkanes) is 1. The van der Waals surface area contributed by atoms with E-state index >= 15 is 0 Å². The number of ketones is 4. The highest BCUT2D eigenvalue weighted by Crippen LogP contribution is 2.25. The predicted molar refractivity (Wildman–Crippen MR) is 173 cm³/mol. The Morgan fingerprint density at radius 3 is 1.75 bits per heavy atom. The smallest absolute Gasteiger partial charge is 0.169 e. The number of hydrogen-bond donors (Lipinski definition) is 0. The molecule has 0 radical (unpaired) electrons. The maximum Gasteiger partial charge on any atom is 0.169 e. The summed E-state index contributed by atoms with van der Waals surface area (Å²) in [7, 11) is 0. The minimum absolute atomic E-state index is 0.00253. The molecule has 0 aromatic carbocycles. The van der Waals surface area contributed by atoms with Gasteiger partial charge in [-0.2, -0.15) is 0 Å². The SMILES string of the molecule is C#CCCC.CCCc1cn(CCOCCOCCOCC(=O)C2CC2=O)nn1.[N-]=[N+]=NCCOCCOCCOCC(=O)C1CC1=O. The second-order valence-corrected chi connectivity index (χ2v) is 10.6. The number of nitrogens with zero attached hydrogens (tertiary/aromatic N) is 6. The summed E-state index contributed by atoms with van der Waals surface area (Å²) in [4.78, 5) is 46.7. The van der Waals surface area contributed by atoms with Gasteiger partial charge in [-0.25, -0.2) is 4.68 Å². The molecule has 0 N–H and O–H groups in total. The fourth-order valence-electron chi connectivity index (χ4n) is 3.57. The minimum atomic E-state index is -0.412. The largest absolute Gasteiger partial charge is 0.379 e. The van der Waals surface area contributed by atoms with E-state index in [-0.39, 0.29) is 36.3 Å². The van der Waals surface area contributed by atoms with Crippen molar-refractivity contribution in [2.45, 2.75) is 58.9 Å². The minimum Gasteiger partial charge on any atom is -0.379 e. The summed E-state index contributed by atoms with van der Waals surface area (Å²) in [5.41, 5.74) is 9.01. The highest BCUT2D eigenvalue weighted by molar-refractivity contribution is 6.15. The van der Waals surface area contributed by atoms with Gasteiger partial charge in [-0.15, -0.1) is 17.4 Å². The van der Waals surface area contributed by atoms with E-state index in [9.17, 15) is 19.2 Å². The summed E-state index contributed by atoms with van der Waals surface area (Å²) in [5.74, 6) is 1.45. The summed E-state index contributed by atoms with van der Waals surface area (Å²) in [6.07, 6.45) is 11.6. The van der Waals surface area contributed by atoms with Gasteiger partial charge in [0, 0.05) is 36.9 Å². The quantitative estimate of drug-likeness (QED) is 0.0329. The van der Waals surface area contributed by atoms with Gasteiger partial charge in [0.1, 0.15) is 24.8 Å². The van der Waals surface area contributed by atoms with E-state index in [0.717, 1.165) is 31.4 Å². The summed E-state index contributed by atoms with van der Waals surface area (Å²) in [5, 5.41) is 11.4. The van der Waals surface area contributed by atoms with Crippen molar-refractivity contribution in [1.29, 1.82) is 0 Å². The molecule has 0 bridgehead atoms. The van der Waals surface area contributed by atoms with Gasteiger partial charge in [-0.1, -0.05) is 30.6 Å². The van der Waals surface area contributed by atoms with Gasteiger partial charge in [0.2, 0.25) is 0 Å². The molecule has 1 aromatic rings. The molecule has 48 heavy (non-hydrogen) atoms. The molecule has 2 fully saturated rings. The molecule has 3 rings (SSSR count). The third kappa shape index (κ3) is 22.9. The monoisotopic (exact) mass is 678 g/mol. The lowest BCUT2D eigenvalue weighted by Crippen LogP contribution is -2.16. The Kier molecular flexibility index (Phi) is 25.2. The van der Waals surface area contributed by atoms with Gasteiger partial charge in [-0.05, 0) is 18.4 Å². The first-order chi connectivity index (χ1) is 23.4. The molecule has 16 nitrogen and oxygen atoms in total. The third-order valence-electron chi connectivity index (χ3n) is 6.37. The van der Waals surface area contributed by atoms with Gasteiger partial charge < -0.3 is 28.4 Å². The lowest BCUT2D eigenvalue weighted by atomic mass is 10.3. The van der Waals surface area contributed by atoms with Crippen LogP contribution in [-0.2, 0) is 60.6 Å². The Bertz CT molecular complexity index is 1160. The maximum absolute atomic E-state index is 11.4. The van der Waals surface area contributed by atoms with Crippen LogP contribution in [0.2, 0.25) is 0 Å². The van der Waals surface area contributed by atoms with Crippen molar-refractivity contribution >= 4 is 23.1 Å². The second kappa shape index (κ2) is 28.5. The van der Waals surface area contributed by atoms with Gasteiger partial charge in [0.25, 0.3) is 0 Å². The Hall–Kier alpha value is -3.55. The van der Waals surface area contributed by atoms with Crippen LogP contribution in [0.3, 0.4) is 0 Å². The third-order valence-corrected chi connectivity index (χ3v) is 6.37. The van der Waals surface area contributed by atoms with Crippen LogP contribution in [-0.4, -0.2) is 124 Å². The van der Waals surface area contributed by atoms with Crippen molar-refractivity contribution in [1.82, 2.24) is 15.0 Å². The summed E-state index contributed by atoms with van der Waals surface area (Å²) >= 11 is 0. The van der Waals surface area contributed by atoms with E-state index in [1.807, 2.05) is 6.20 Å². The van der Waals surface area contributed by atoms with Crippen LogP contribution in [0.4, 0.5) is 0 Å². The molecule has 0 saturated heterocycles. The fraction of sp³-hybridized carbons (Fsp3) is 0.750. The van der Waals surface area contributed by atoms with Crippen molar-refractivity contribution in [2.24, 2.45) is 17.0 Å². The van der Waals surface area contributed by atoms with E-state index in [4.69, 9.17) is 40.4 Å². The van der Waals surface area contributed by atoms with Crippen molar-refractivity contribution in [3.05, 3.63) is 22.3 Å². The number of aromatic nitrogens is 3. The van der Waals surface area contributed by atoms with Crippen LogP contribution in [0, 0.1) is 24.2 Å². The zero-order valence-corrected chi connectivity index (χ0v) is 28.2. The van der Waals surface area contributed by atoms with Crippen molar-refractivity contribution < 1.29 is 47.6 Å². The number of azide groups is 1. The lowest BCUT2D eigenvalue weighted by molar-refractivity contribution is -0.128. The first kappa shape index (κ1) is 42.5. The van der Waals surface area contributed by atoms with Crippen LogP contribution in [0.15, 0.2) is 11.3 Å². The predicted octanol–water partition coefficient (Wildman–Crippen LogP) is 2.36. The second-order valence-electron chi connectivity index (χ2n) is 10.6. The molecule has 2 aliphatic carbocycles. The van der Waals surface area contributed by atoms with Gasteiger partial charge >= 0.3 is 0 Å². The molecule has 268 valence electrons. The number of carbonyl (C=O) groups is 4. The molecule has 0 amide bonds. The fourth-order valence-corrected chi connectivity index (χ4v) is 3.57. The Morgan fingerprint density at radius 1 is 0.854 bits per heavy atom. The Balaban J connectivity index is 0.000000430. The zero-order chi connectivity index (χ0) is 35.2. The first-order valence-electron chi connectivity index (χ1n) is 16.3. The van der Waals surface area contributed by atoms with Gasteiger partial charge in [-0.3, -0.25) is 19.2 Å². The number of aryl methyl sites for hydroxylation is 1. The standard InChI is InChI=1S/C16H25N3O5.C11H17N3O5.C5H8/c1-2-3-13-11-19(18-17-13)4-5-22-6-7-23-8-9-24-12-16(21)14-10-15(14)20;12-14-13-1-2-17-3-4-18-5-6-19-8-11(16)9-7-10(9)15;1-3-5-4-2/h11,14H,2-10,12H2,1H3;9H,1-8H2;1H,4-5H2,2H3. The number of hydrogen-bond acceptors (Lipinski definition) is 13. The molecular formula is C32H50N6O10. The van der Waals surface area contributed by atoms with E-state index in [1.54, 1.807) is 4.68 Å². The molecule has 0 aliphatic heterocycles. The lowest BCUT2D eigenvalue weighted by Gasteiger charge is -2.06. The summed E-state index contributed by atoms with van der Waals surface area (Å²) in [6, 6.07) is 0. The number of ether oxygens (including phenoxy) is 6. The van der Waals surface area contributed by atoms with Crippen molar-refractivity contribution in [2.75, 3.05) is 85.8 Å². The molecule has 1 aromatic heterocycles. The Labute approximate surface area is 282 Å². The molecular weight excluding hydrogens is 628 g/mol. The van der Waals surface area contributed by atoms with Gasteiger partial charge in [0.05, 0.1) is 90.1 Å². The number of Topliss-reactive ketones (excluding diaryl/α,β-unsaturated/α-hetero) is 4.